The van der Waals surface area contributed by atoms with E-state index in [1.807, 2.05) is 39.8 Å². The van der Waals surface area contributed by atoms with E-state index in [4.69, 9.17) is 27.9 Å². The SMILES string of the molecule is Cc1cc(C)[n-]n1.Cc1cc(C)[n-]n1.[C-]#[O+].[C-]#[O+].[C-]#[O+].[C-]#[O+].[C-]#[O+].[C-]#[O+].[Ru+].[Ru+]. The maximum atomic E-state index is 7.50. The second-order valence-electron chi connectivity index (χ2n) is 3.25. The average molecular weight is 560 g/mol. The third-order valence-electron chi connectivity index (χ3n) is 1.57. The van der Waals surface area contributed by atoms with Crippen LogP contribution >= 0.6 is 0 Å². The molecule has 0 N–H and O–H groups in total. The molecule has 0 unspecified atom stereocenters. The van der Waals surface area contributed by atoms with Crippen molar-refractivity contribution in [3.05, 3.63) is 74.8 Å². The topological polar surface area (TPSA) is 173 Å². The predicted molar refractivity (Wildman–Crippen MR) is 77.6 cm³/mol. The van der Waals surface area contributed by atoms with Crippen LogP contribution in [0.1, 0.15) is 22.8 Å². The largest absolute Gasteiger partial charge is 1.00 e. The molecule has 0 aliphatic carbocycles. The average Bonchev–Trinajstić information content (AvgIpc) is 3.31. The van der Waals surface area contributed by atoms with E-state index in [0.717, 1.165) is 22.8 Å². The summed E-state index contributed by atoms with van der Waals surface area (Å²) < 4.78 is 45.0. The van der Waals surface area contributed by atoms with E-state index in [9.17, 15) is 0 Å². The molecule has 0 saturated heterocycles. The van der Waals surface area contributed by atoms with Crippen molar-refractivity contribution in [3.8, 4) is 0 Å². The minimum Gasteiger partial charge on any atom is 1.00 e. The molecule has 0 aromatic carbocycles. The van der Waals surface area contributed by atoms with Gasteiger partial charge in [-0.1, -0.05) is 26.0 Å². The van der Waals surface area contributed by atoms with Crippen LogP contribution in [0.5, 0.6) is 0 Å². The molecule has 0 fully saturated rings. The summed E-state index contributed by atoms with van der Waals surface area (Å²) >= 11 is 0. The maximum absolute atomic E-state index is 7.50. The van der Waals surface area contributed by atoms with E-state index in [1.54, 1.807) is 0 Å². The summed E-state index contributed by atoms with van der Waals surface area (Å²) in [5.74, 6) is 0. The normalized spacial score (nSPS) is 5.14. The first-order chi connectivity index (χ1) is 12.6. The molecule has 2 rings (SSSR count). The van der Waals surface area contributed by atoms with Crippen molar-refractivity contribution in [2.75, 3.05) is 0 Å². The third kappa shape index (κ3) is 49.6. The van der Waals surface area contributed by atoms with Crippen LogP contribution in [0.25, 0.3) is 0 Å². The quantitative estimate of drug-likeness (QED) is 0.267. The zero-order valence-corrected chi connectivity index (χ0v) is 18.6. The van der Waals surface area contributed by atoms with Crippen LogP contribution in [0.2, 0.25) is 0 Å². The summed E-state index contributed by atoms with van der Waals surface area (Å²) in [5.41, 5.74) is 3.99. The number of rotatable bonds is 0. The summed E-state index contributed by atoms with van der Waals surface area (Å²) in [6.07, 6.45) is 0. The third-order valence-corrected chi connectivity index (χ3v) is 1.57. The van der Waals surface area contributed by atoms with Gasteiger partial charge in [0.25, 0.3) is 0 Å². The Morgan fingerprint density at radius 1 is 0.536 bits per heavy atom. The van der Waals surface area contributed by atoms with Gasteiger partial charge in [0.2, 0.25) is 0 Å². The molecule has 0 aliphatic rings. The standard InChI is InChI=1S/2C5H7N2.6CO.2Ru/c2*1-4-3-5(2)7-6-4;6*1-2;;/h2*3H,1-2H3;;;;;;;;/q2*-1;;;;;;;2*+1. The molecule has 0 atom stereocenters. The van der Waals surface area contributed by atoms with Gasteiger partial charge in [-0.25, -0.2) is 0 Å². The van der Waals surface area contributed by atoms with Crippen LogP contribution in [0.4, 0.5) is 0 Å². The Hall–Kier alpha value is -1.89. The summed E-state index contributed by atoms with van der Waals surface area (Å²) in [6.45, 7) is 34.7. The molecule has 2 heterocycles. The molecule has 0 spiro atoms. The van der Waals surface area contributed by atoms with Crippen LogP contribution in [-0.4, -0.2) is 10.2 Å². The zero-order valence-electron chi connectivity index (χ0n) is 15.1. The Morgan fingerprint density at radius 2 is 0.714 bits per heavy atom. The van der Waals surface area contributed by atoms with Crippen LogP contribution in [0.15, 0.2) is 12.1 Å². The fourth-order valence-electron chi connectivity index (χ4n) is 1.04. The van der Waals surface area contributed by atoms with E-state index in [-0.39, 0.29) is 39.0 Å². The first-order valence-corrected chi connectivity index (χ1v) is 5.67. The van der Waals surface area contributed by atoms with Crippen molar-refractivity contribution in [2.45, 2.75) is 27.7 Å². The van der Waals surface area contributed by atoms with Crippen molar-refractivity contribution >= 4 is 0 Å². The van der Waals surface area contributed by atoms with Gasteiger partial charge in [0, 0.05) is 11.4 Å². The Bertz CT molecular complexity index is 525. The molecule has 0 aliphatic heterocycles. The van der Waals surface area contributed by atoms with E-state index >= 15 is 0 Å². The van der Waals surface area contributed by atoms with Gasteiger partial charge >= 0.3 is 107 Å². The second kappa shape index (κ2) is 56.2. The number of aromatic nitrogens is 4. The number of aryl methyl sites for hydroxylation is 4. The molecule has 0 amide bonds. The first-order valence-electron chi connectivity index (χ1n) is 5.67. The Balaban J connectivity index is -0.0000000299. The Kier molecular flexibility index (Phi) is 101. The number of hydrogen-bond acceptors (Lipinski definition) is 2. The molecule has 2 aromatic heterocycles. The molecule has 2 radical (unpaired) electrons. The fourth-order valence-corrected chi connectivity index (χ4v) is 1.04. The minimum absolute atomic E-state index is 0. The van der Waals surface area contributed by atoms with E-state index < -0.39 is 0 Å². The number of nitrogens with zero attached hydrogens (tertiary/aromatic N) is 4. The molecular formula is C16H14N4O6Ru2. The van der Waals surface area contributed by atoms with Gasteiger partial charge in [0.05, 0.1) is 0 Å². The zero-order chi connectivity index (χ0) is 22.6. The summed E-state index contributed by atoms with van der Waals surface area (Å²) in [5, 5.41) is 15.1. The molecule has 28 heavy (non-hydrogen) atoms. The maximum Gasteiger partial charge on any atom is 1.00 e. The van der Waals surface area contributed by atoms with Gasteiger partial charge in [-0.2, -0.15) is 0 Å². The van der Waals surface area contributed by atoms with Crippen LogP contribution in [0, 0.1) is 67.6 Å². The summed E-state index contributed by atoms with van der Waals surface area (Å²) in [6, 6.07) is 3.89. The summed E-state index contributed by atoms with van der Waals surface area (Å²) in [7, 11) is 0. The van der Waals surface area contributed by atoms with Gasteiger partial charge in [-0.15, -0.1) is 11.4 Å². The fraction of sp³-hybridized carbons (Fsp3) is 0.250. The van der Waals surface area contributed by atoms with Gasteiger partial charge in [0.15, 0.2) is 0 Å². The molecule has 0 saturated carbocycles. The van der Waals surface area contributed by atoms with Gasteiger partial charge < -0.3 is 20.4 Å². The van der Waals surface area contributed by atoms with Gasteiger partial charge in [-0.3, -0.25) is 0 Å². The van der Waals surface area contributed by atoms with E-state index in [0.29, 0.717) is 0 Å². The van der Waals surface area contributed by atoms with Crippen LogP contribution in [0.3, 0.4) is 0 Å². The van der Waals surface area contributed by atoms with Crippen molar-refractivity contribution in [1.82, 2.24) is 20.4 Å². The van der Waals surface area contributed by atoms with Crippen molar-refractivity contribution in [1.29, 1.82) is 0 Å². The van der Waals surface area contributed by atoms with Crippen molar-refractivity contribution in [3.63, 3.8) is 0 Å². The van der Waals surface area contributed by atoms with Crippen molar-refractivity contribution in [2.24, 2.45) is 0 Å². The smallest absolute Gasteiger partial charge is 1.00 e. The van der Waals surface area contributed by atoms with E-state index in [1.165, 1.54) is 0 Å². The van der Waals surface area contributed by atoms with E-state index in [2.05, 4.69) is 60.3 Å². The van der Waals surface area contributed by atoms with Crippen LogP contribution in [-0.2, 0) is 66.9 Å². The minimum atomic E-state index is 0. The first kappa shape index (κ1) is 50.2. The molecule has 10 nitrogen and oxygen atoms in total. The molecule has 150 valence electrons. The summed E-state index contributed by atoms with van der Waals surface area (Å²) in [4.78, 5) is 0. The van der Waals surface area contributed by atoms with Crippen molar-refractivity contribution < 1.29 is 66.9 Å². The van der Waals surface area contributed by atoms with Gasteiger partial charge in [0.1, 0.15) is 0 Å². The Morgan fingerprint density at radius 3 is 0.750 bits per heavy atom. The van der Waals surface area contributed by atoms with Gasteiger partial charge in [-0.05, 0) is 13.8 Å². The molecular weight excluding hydrogens is 546 g/mol. The molecule has 12 heteroatoms. The number of hydrogen-bond donors (Lipinski definition) is 0. The van der Waals surface area contributed by atoms with Crippen LogP contribution < -0.4 is 10.2 Å². The Labute approximate surface area is 189 Å². The monoisotopic (exact) mass is 562 g/mol. The second-order valence-corrected chi connectivity index (χ2v) is 3.25. The predicted octanol–water partition coefficient (Wildman–Crippen LogP) is 1.08. The molecule has 0 bridgehead atoms. The molecule has 2 aromatic rings.